The van der Waals surface area contributed by atoms with E-state index in [9.17, 15) is 8.42 Å². The van der Waals surface area contributed by atoms with Gasteiger partial charge >= 0.3 is 0 Å². The number of methoxy groups -OCH3 is 1. The van der Waals surface area contributed by atoms with Crippen LogP contribution in [0.15, 0.2) is 88.7 Å². The summed E-state index contributed by atoms with van der Waals surface area (Å²) in [7, 11) is -2.05. The predicted molar refractivity (Wildman–Crippen MR) is 107 cm³/mol. The Morgan fingerprint density at radius 2 is 1.48 bits per heavy atom. The minimum Gasteiger partial charge on any atom is -0.497 e. The third-order valence-electron chi connectivity index (χ3n) is 4.32. The molecule has 0 aliphatic carbocycles. The maximum absolute atomic E-state index is 12.9. The van der Waals surface area contributed by atoms with Crippen LogP contribution in [0.2, 0.25) is 0 Å². The lowest BCUT2D eigenvalue weighted by atomic mass is 10.1. The highest BCUT2D eigenvalue weighted by atomic mass is 32.2. The zero-order chi connectivity index (χ0) is 19.1. The van der Waals surface area contributed by atoms with E-state index >= 15 is 0 Å². The fourth-order valence-electron chi connectivity index (χ4n) is 2.83. The molecule has 3 aromatic rings. The van der Waals surface area contributed by atoms with E-state index in [1.54, 1.807) is 42.5 Å². The molecule has 0 fully saturated rings. The normalized spacial score (nSPS) is 11.3. The molecule has 0 aliphatic heterocycles. The van der Waals surface area contributed by atoms with Crippen molar-refractivity contribution < 1.29 is 13.2 Å². The number of hydrogen-bond acceptors (Lipinski definition) is 4. The third-order valence-corrected chi connectivity index (χ3v) is 6.07. The molecule has 0 aromatic heterocycles. The van der Waals surface area contributed by atoms with E-state index in [0.717, 1.165) is 25.1 Å². The van der Waals surface area contributed by atoms with Gasteiger partial charge in [-0.15, -0.1) is 0 Å². The highest BCUT2D eigenvalue weighted by Gasteiger charge is 2.18. The quantitative estimate of drug-likeness (QED) is 0.602. The number of sulfone groups is 1. The van der Waals surface area contributed by atoms with E-state index in [2.05, 4.69) is 17.4 Å². The molecule has 4 nitrogen and oxygen atoms in total. The second-order valence-electron chi connectivity index (χ2n) is 6.24. The van der Waals surface area contributed by atoms with Crippen molar-refractivity contribution in [3.63, 3.8) is 0 Å². The highest BCUT2D eigenvalue weighted by Crippen LogP contribution is 2.24. The summed E-state index contributed by atoms with van der Waals surface area (Å²) in [6.45, 7) is 1.57. The zero-order valence-electron chi connectivity index (χ0n) is 15.3. The second kappa shape index (κ2) is 8.84. The summed E-state index contributed by atoms with van der Waals surface area (Å²) in [4.78, 5) is 0.539. The zero-order valence-corrected chi connectivity index (χ0v) is 16.1. The van der Waals surface area contributed by atoms with Gasteiger partial charge in [-0.1, -0.05) is 48.5 Å². The maximum Gasteiger partial charge on any atom is 0.206 e. The van der Waals surface area contributed by atoms with Crippen molar-refractivity contribution in [2.45, 2.75) is 22.8 Å². The number of nitrogens with one attached hydrogen (secondary N) is 1. The van der Waals surface area contributed by atoms with Crippen molar-refractivity contribution in [2.75, 3.05) is 13.7 Å². The lowest BCUT2D eigenvalue weighted by molar-refractivity contribution is 0.413. The van der Waals surface area contributed by atoms with Gasteiger partial charge in [-0.25, -0.2) is 8.42 Å². The van der Waals surface area contributed by atoms with Crippen LogP contribution in [0.5, 0.6) is 5.75 Å². The largest absolute Gasteiger partial charge is 0.497 e. The Labute approximate surface area is 160 Å². The van der Waals surface area contributed by atoms with Crippen LogP contribution >= 0.6 is 0 Å². The van der Waals surface area contributed by atoms with Gasteiger partial charge in [-0.3, -0.25) is 0 Å². The average Bonchev–Trinajstić information content (AvgIpc) is 2.72. The average molecular weight is 381 g/mol. The van der Waals surface area contributed by atoms with Crippen LogP contribution in [-0.4, -0.2) is 22.1 Å². The molecule has 0 unspecified atom stereocenters. The smallest absolute Gasteiger partial charge is 0.206 e. The van der Waals surface area contributed by atoms with Crippen molar-refractivity contribution in [3.8, 4) is 5.75 Å². The van der Waals surface area contributed by atoms with Crippen molar-refractivity contribution >= 4 is 9.84 Å². The third kappa shape index (κ3) is 4.96. The molecular weight excluding hydrogens is 358 g/mol. The molecule has 0 saturated heterocycles. The first-order valence-electron chi connectivity index (χ1n) is 8.82. The SMILES string of the molecule is COc1cccc(S(=O)(=O)c2cccc(CCNCc3ccccc3)c2)c1. The number of rotatable bonds is 8. The summed E-state index contributed by atoms with van der Waals surface area (Å²) in [5.74, 6) is 0.525. The molecule has 5 heteroatoms. The molecule has 0 heterocycles. The first-order chi connectivity index (χ1) is 13.1. The summed E-state index contributed by atoms with van der Waals surface area (Å²) in [5.41, 5.74) is 2.21. The summed E-state index contributed by atoms with van der Waals surface area (Å²) < 4.78 is 30.9. The fourth-order valence-corrected chi connectivity index (χ4v) is 4.20. The summed E-state index contributed by atoms with van der Waals surface area (Å²) in [6, 6.07) is 23.9. The van der Waals surface area contributed by atoms with E-state index in [0.29, 0.717) is 10.6 Å². The van der Waals surface area contributed by atoms with Crippen LogP contribution in [0.4, 0.5) is 0 Å². The van der Waals surface area contributed by atoms with Gasteiger partial charge in [0.25, 0.3) is 0 Å². The molecule has 27 heavy (non-hydrogen) atoms. The second-order valence-corrected chi connectivity index (χ2v) is 8.19. The van der Waals surface area contributed by atoms with Gasteiger partial charge in [0.1, 0.15) is 5.75 Å². The van der Waals surface area contributed by atoms with E-state index in [-0.39, 0.29) is 4.90 Å². The Hall–Kier alpha value is -2.63. The topological polar surface area (TPSA) is 55.4 Å². The van der Waals surface area contributed by atoms with E-state index < -0.39 is 9.84 Å². The van der Waals surface area contributed by atoms with Crippen LogP contribution < -0.4 is 10.1 Å². The summed E-state index contributed by atoms with van der Waals surface area (Å²) >= 11 is 0. The Morgan fingerprint density at radius 1 is 0.815 bits per heavy atom. The van der Waals surface area contributed by atoms with Gasteiger partial charge in [0.05, 0.1) is 16.9 Å². The molecule has 3 aromatic carbocycles. The van der Waals surface area contributed by atoms with Crippen molar-refractivity contribution in [2.24, 2.45) is 0 Å². The minimum absolute atomic E-state index is 0.237. The van der Waals surface area contributed by atoms with Gasteiger partial charge < -0.3 is 10.1 Å². The molecule has 0 saturated carbocycles. The van der Waals surface area contributed by atoms with E-state index in [4.69, 9.17) is 4.74 Å². The van der Waals surface area contributed by atoms with Gasteiger partial charge in [-0.05, 0) is 54.4 Å². The van der Waals surface area contributed by atoms with Crippen molar-refractivity contribution in [1.29, 1.82) is 0 Å². The summed E-state index contributed by atoms with van der Waals surface area (Å²) in [5, 5.41) is 3.39. The van der Waals surface area contributed by atoms with Crippen LogP contribution in [0, 0.1) is 0 Å². The first-order valence-corrected chi connectivity index (χ1v) is 10.3. The molecule has 0 radical (unpaired) electrons. The van der Waals surface area contributed by atoms with Gasteiger partial charge in [0, 0.05) is 6.54 Å². The van der Waals surface area contributed by atoms with Crippen molar-refractivity contribution in [1.82, 2.24) is 5.32 Å². The maximum atomic E-state index is 12.9. The van der Waals surface area contributed by atoms with Crippen LogP contribution in [0.1, 0.15) is 11.1 Å². The van der Waals surface area contributed by atoms with Gasteiger partial charge in [0.15, 0.2) is 0 Å². The van der Waals surface area contributed by atoms with Gasteiger partial charge in [0.2, 0.25) is 9.84 Å². The lowest BCUT2D eigenvalue weighted by Crippen LogP contribution is -2.16. The monoisotopic (exact) mass is 381 g/mol. The van der Waals surface area contributed by atoms with Crippen molar-refractivity contribution in [3.05, 3.63) is 90.0 Å². The lowest BCUT2D eigenvalue weighted by Gasteiger charge is -2.09. The molecule has 140 valence electrons. The molecule has 0 bridgehead atoms. The predicted octanol–water partition coefficient (Wildman–Crippen LogP) is 3.86. The van der Waals surface area contributed by atoms with E-state index in [1.807, 2.05) is 24.3 Å². The Balaban J connectivity index is 1.67. The van der Waals surface area contributed by atoms with Crippen LogP contribution in [0.3, 0.4) is 0 Å². The molecule has 0 aliphatic rings. The standard InChI is InChI=1S/C22H23NO3S/c1-26-20-10-6-12-22(16-20)27(24,25)21-11-5-9-18(15-21)13-14-23-17-19-7-3-2-4-8-19/h2-12,15-16,23H,13-14,17H2,1H3. The molecular formula is C22H23NO3S. The Morgan fingerprint density at radius 3 is 2.22 bits per heavy atom. The Kier molecular flexibility index (Phi) is 6.27. The van der Waals surface area contributed by atoms with E-state index in [1.165, 1.54) is 12.7 Å². The number of ether oxygens (including phenoxy) is 1. The molecule has 0 spiro atoms. The number of hydrogen-bond donors (Lipinski definition) is 1. The Bertz CT molecular complexity index is 985. The van der Waals surface area contributed by atoms with Gasteiger partial charge in [-0.2, -0.15) is 0 Å². The molecule has 0 amide bonds. The molecule has 3 rings (SSSR count). The van der Waals surface area contributed by atoms with Crippen LogP contribution in [-0.2, 0) is 22.8 Å². The number of benzene rings is 3. The summed E-state index contributed by atoms with van der Waals surface area (Å²) in [6.07, 6.45) is 0.758. The minimum atomic E-state index is -3.57. The highest BCUT2D eigenvalue weighted by molar-refractivity contribution is 7.91. The first kappa shape index (κ1) is 19.1. The molecule has 0 atom stereocenters. The fraction of sp³-hybridized carbons (Fsp3) is 0.182. The molecule has 1 N–H and O–H groups in total. The van der Waals surface area contributed by atoms with Crippen LogP contribution in [0.25, 0.3) is 0 Å².